The number of halogens is 3. The second-order valence-corrected chi connectivity index (χ2v) is 7.47. The van der Waals surface area contributed by atoms with Crippen LogP contribution in [0.25, 0.3) is 0 Å². The third kappa shape index (κ3) is 7.25. The van der Waals surface area contributed by atoms with Crippen molar-refractivity contribution in [2.45, 2.75) is 13.5 Å². The third-order valence-corrected chi connectivity index (χ3v) is 5.00. The molecule has 0 heterocycles. The van der Waals surface area contributed by atoms with Crippen LogP contribution >= 0.6 is 12.4 Å². The Morgan fingerprint density at radius 1 is 0.943 bits per heavy atom. The number of nitrogen functional groups attached to an aromatic ring is 1. The van der Waals surface area contributed by atoms with Gasteiger partial charge in [0, 0.05) is 23.2 Å². The van der Waals surface area contributed by atoms with Crippen LogP contribution in [0.15, 0.2) is 60.7 Å². The fourth-order valence-corrected chi connectivity index (χ4v) is 3.13. The number of nitrogens with two attached hydrogens (primary N) is 1. The number of benzene rings is 3. The van der Waals surface area contributed by atoms with E-state index in [2.05, 4.69) is 10.6 Å². The Morgan fingerprint density at radius 3 is 2.34 bits per heavy atom. The van der Waals surface area contributed by atoms with E-state index in [0.29, 0.717) is 28.0 Å². The molecule has 35 heavy (non-hydrogen) atoms. The molecule has 2 amide bonds. The fraction of sp³-hybridized carbons (Fsp3) is 0.160. The number of rotatable bonds is 9. The van der Waals surface area contributed by atoms with E-state index in [1.54, 1.807) is 31.2 Å². The van der Waals surface area contributed by atoms with Crippen LogP contribution in [0.5, 0.6) is 5.75 Å². The number of carbonyl (C=O) groups is 2. The van der Waals surface area contributed by atoms with E-state index in [1.807, 2.05) is 0 Å². The molecule has 0 radical (unpaired) electrons. The van der Waals surface area contributed by atoms with Gasteiger partial charge in [0.05, 0.1) is 12.1 Å². The lowest BCUT2D eigenvalue weighted by Gasteiger charge is -2.14. The van der Waals surface area contributed by atoms with Gasteiger partial charge in [-0.25, -0.2) is 8.78 Å². The van der Waals surface area contributed by atoms with Crippen molar-refractivity contribution < 1.29 is 23.1 Å². The summed E-state index contributed by atoms with van der Waals surface area (Å²) in [5, 5.41) is 13.0. The SMILES string of the molecule is Cc1cc(C(=O)NCc2ccc(C(=N)N)cc2OCCNC(=O)c2ccccc2F)ccc1F.Cl. The summed E-state index contributed by atoms with van der Waals surface area (Å²) in [6, 6.07) is 14.6. The first-order valence-electron chi connectivity index (χ1n) is 10.4. The number of aryl methyl sites for hydroxylation is 1. The van der Waals surface area contributed by atoms with Crippen LogP contribution in [0.2, 0.25) is 0 Å². The zero-order valence-corrected chi connectivity index (χ0v) is 19.7. The molecule has 0 aliphatic rings. The molecule has 0 saturated carbocycles. The summed E-state index contributed by atoms with van der Waals surface area (Å²) < 4.78 is 32.9. The van der Waals surface area contributed by atoms with Crippen LogP contribution in [0.1, 0.15) is 37.4 Å². The number of amides is 2. The normalized spacial score (nSPS) is 10.1. The predicted octanol–water partition coefficient (Wildman–Crippen LogP) is 3.72. The molecule has 0 atom stereocenters. The lowest BCUT2D eigenvalue weighted by atomic mass is 10.1. The summed E-state index contributed by atoms with van der Waals surface area (Å²) in [4.78, 5) is 24.6. The van der Waals surface area contributed by atoms with Crippen molar-refractivity contribution in [1.29, 1.82) is 5.41 Å². The van der Waals surface area contributed by atoms with E-state index in [9.17, 15) is 18.4 Å². The zero-order chi connectivity index (χ0) is 24.7. The number of hydrogen-bond donors (Lipinski definition) is 4. The molecule has 0 spiro atoms. The van der Waals surface area contributed by atoms with E-state index < -0.39 is 17.5 Å². The molecule has 0 unspecified atom stereocenters. The molecule has 0 aromatic heterocycles. The summed E-state index contributed by atoms with van der Waals surface area (Å²) >= 11 is 0. The van der Waals surface area contributed by atoms with Crippen LogP contribution in [0.4, 0.5) is 8.78 Å². The van der Waals surface area contributed by atoms with Gasteiger partial charge in [0.1, 0.15) is 29.8 Å². The van der Waals surface area contributed by atoms with Gasteiger partial charge in [-0.3, -0.25) is 15.0 Å². The van der Waals surface area contributed by atoms with Gasteiger partial charge in [-0.05, 0) is 48.9 Å². The molecule has 5 N–H and O–H groups in total. The van der Waals surface area contributed by atoms with E-state index in [1.165, 1.54) is 36.4 Å². The third-order valence-electron chi connectivity index (χ3n) is 5.00. The quantitative estimate of drug-likeness (QED) is 0.203. The Balaban J connectivity index is 0.00000432. The van der Waals surface area contributed by atoms with E-state index in [-0.39, 0.29) is 49.4 Å². The van der Waals surface area contributed by atoms with Crippen molar-refractivity contribution in [1.82, 2.24) is 10.6 Å². The number of ether oxygens (including phenoxy) is 1. The summed E-state index contributed by atoms with van der Waals surface area (Å²) in [7, 11) is 0. The van der Waals surface area contributed by atoms with Crippen LogP contribution in [0, 0.1) is 24.0 Å². The van der Waals surface area contributed by atoms with Crippen LogP contribution in [-0.4, -0.2) is 30.8 Å². The maximum atomic E-state index is 13.7. The molecule has 184 valence electrons. The van der Waals surface area contributed by atoms with Gasteiger partial charge in [-0.15, -0.1) is 12.4 Å². The number of hydrogen-bond acceptors (Lipinski definition) is 4. The molecule has 0 bridgehead atoms. The Kier molecular flexibility index (Phi) is 9.72. The van der Waals surface area contributed by atoms with Crippen molar-refractivity contribution in [3.05, 3.63) is 100 Å². The summed E-state index contributed by atoms with van der Waals surface area (Å²) in [6.45, 7) is 1.83. The van der Waals surface area contributed by atoms with Gasteiger partial charge in [-0.1, -0.05) is 24.3 Å². The number of nitrogens with one attached hydrogen (secondary N) is 3. The molecule has 10 heteroatoms. The van der Waals surface area contributed by atoms with Gasteiger partial charge < -0.3 is 21.1 Å². The highest BCUT2D eigenvalue weighted by atomic mass is 35.5. The Bertz CT molecular complexity index is 1240. The molecule has 0 fully saturated rings. The van der Waals surface area contributed by atoms with Crippen LogP contribution in [0.3, 0.4) is 0 Å². The van der Waals surface area contributed by atoms with Gasteiger partial charge in [-0.2, -0.15) is 0 Å². The molecule has 3 rings (SSSR count). The Morgan fingerprint density at radius 2 is 1.66 bits per heavy atom. The smallest absolute Gasteiger partial charge is 0.254 e. The second kappa shape index (κ2) is 12.5. The topological polar surface area (TPSA) is 117 Å². The molecular weight excluding hydrogens is 478 g/mol. The lowest BCUT2D eigenvalue weighted by molar-refractivity contribution is 0.0935. The highest BCUT2D eigenvalue weighted by Gasteiger charge is 2.13. The lowest BCUT2D eigenvalue weighted by Crippen LogP contribution is -2.29. The van der Waals surface area contributed by atoms with Crippen LogP contribution in [-0.2, 0) is 6.54 Å². The summed E-state index contributed by atoms with van der Waals surface area (Å²) in [5.41, 5.74) is 7.21. The summed E-state index contributed by atoms with van der Waals surface area (Å²) in [5.74, 6) is -1.76. The minimum Gasteiger partial charge on any atom is -0.491 e. The fourth-order valence-electron chi connectivity index (χ4n) is 3.13. The monoisotopic (exact) mass is 502 g/mol. The molecule has 0 aliphatic heterocycles. The first-order chi connectivity index (χ1) is 16.3. The van der Waals surface area contributed by atoms with Crippen molar-refractivity contribution in [3.63, 3.8) is 0 Å². The molecule has 3 aromatic rings. The second-order valence-electron chi connectivity index (χ2n) is 7.47. The Labute approximate surface area is 207 Å². The van der Waals surface area contributed by atoms with Crippen molar-refractivity contribution in [3.8, 4) is 5.75 Å². The Hall–Kier alpha value is -3.98. The van der Waals surface area contributed by atoms with Gasteiger partial charge in [0.2, 0.25) is 0 Å². The standard InChI is InChI=1S/C25H24F2N4O3.ClH/c1-15-12-17(8-9-20(15)26)24(32)31-14-18-7-6-16(23(28)29)13-22(18)34-11-10-30-25(33)19-4-2-3-5-21(19)27;/h2-9,12-13H,10-11,14H2,1H3,(H3,28,29)(H,30,33)(H,31,32);1H. The van der Waals surface area contributed by atoms with Gasteiger partial charge in [0.25, 0.3) is 11.8 Å². The molecule has 0 aliphatic carbocycles. The minimum absolute atomic E-state index is 0. The molecule has 7 nitrogen and oxygen atoms in total. The molecule has 3 aromatic carbocycles. The zero-order valence-electron chi connectivity index (χ0n) is 18.9. The number of amidine groups is 1. The van der Waals surface area contributed by atoms with Crippen molar-refractivity contribution in [2.24, 2.45) is 5.73 Å². The first kappa shape index (κ1) is 27.3. The van der Waals surface area contributed by atoms with Crippen molar-refractivity contribution in [2.75, 3.05) is 13.2 Å². The van der Waals surface area contributed by atoms with E-state index in [0.717, 1.165) is 0 Å². The average molecular weight is 503 g/mol. The van der Waals surface area contributed by atoms with Gasteiger partial charge >= 0.3 is 0 Å². The maximum absolute atomic E-state index is 13.7. The van der Waals surface area contributed by atoms with E-state index in [4.69, 9.17) is 15.9 Å². The predicted molar refractivity (Wildman–Crippen MR) is 131 cm³/mol. The van der Waals surface area contributed by atoms with Crippen molar-refractivity contribution >= 4 is 30.1 Å². The maximum Gasteiger partial charge on any atom is 0.254 e. The highest BCUT2D eigenvalue weighted by Crippen LogP contribution is 2.21. The minimum atomic E-state index is -0.621. The van der Waals surface area contributed by atoms with Gasteiger partial charge in [0.15, 0.2) is 0 Å². The highest BCUT2D eigenvalue weighted by molar-refractivity contribution is 5.96. The van der Waals surface area contributed by atoms with E-state index >= 15 is 0 Å². The average Bonchev–Trinajstić information content (AvgIpc) is 2.82. The largest absolute Gasteiger partial charge is 0.491 e. The van der Waals surface area contributed by atoms with Crippen LogP contribution < -0.4 is 21.1 Å². The molecule has 0 saturated heterocycles. The molecular formula is C25H25ClF2N4O3. The number of carbonyl (C=O) groups excluding carboxylic acids is 2. The summed E-state index contributed by atoms with van der Waals surface area (Å²) in [6.07, 6.45) is 0. The first-order valence-corrected chi connectivity index (χ1v) is 10.4.